The highest BCUT2D eigenvalue weighted by Crippen LogP contribution is 2.28. The van der Waals surface area contributed by atoms with Crippen LogP contribution in [-0.2, 0) is 0 Å². The average Bonchev–Trinajstić information content (AvgIpc) is 2.32. The molecule has 1 atom stereocenters. The maximum Gasteiger partial charge on any atom is 0.255 e. The standard InChI is InChI=1S/C13H19NO4/c1-3-13(2,7-8-15)14-12(18)9-5-4-6-10(16)11(9)17/h4-6,15-17H,3,7-8H2,1-2H3,(H,14,18). The minimum Gasteiger partial charge on any atom is -0.504 e. The van der Waals surface area contributed by atoms with E-state index in [9.17, 15) is 15.0 Å². The lowest BCUT2D eigenvalue weighted by atomic mass is 9.94. The number of amides is 1. The van der Waals surface area contributed by atoms with E-state index in [0.717, 1.165) is 0 Å². The Labute approximate surface area is 106 Å². The van der Waals surface area contributed by atoms with Crippen molar-refractivity contribution in [2.75, 3.05) is 6.61 Å². The Morgan fingerprint density at radius 3 is 2.61 bits per heavy atom. The molecule has 5 heteroatoms. The number of aromatic hydroxyl groups is 2. The lowest BCUT2D eigenvalue weighted by Crippen LogP contribution is -2.46. The van der Waals surface area contributed by atoms with E-state index in [1.165, 1.54) is 18.2 Å². The summed E-state index contributed by atoms with van der Waals surface area (Å²) in [4.78, 5) is 12.0. The molecule has 100 valence electrons. The van der Waals surface area contributed by atoms with Crippen LogP contribution in [0.25, 0.3) is 0 Å². The van der Waals surface area contributed by atoms with Gasteiger partial charge in [-0.25, -0.2) is 0 Å². The molecule has 0 aliphatic rings. The molecule has 1 amide bonds. The van der Waals surface area contributed by atoms with Gasteiger partial charge >= 0.3 is 0 Å². The number of phenolic OH excluding ortho intramolecular Hbond substituents is 2. The summed E-state index contributed by atoms with van der Waals surface area (Å²) in [6, 6.07) is 4.22. The molecular formula is C13H19NO4. The summed E-state index contributed by atoms with van der Waals surface area (Å²) < 4.78 is 0. The fourth-order valence-corrected chi connectivity index (χ4v) is 1.63. The Kier molecular flexibility index (Phi) is 4.55. The largest absolute Gasteiger partial charge is 0.504 e. The van der Waals surface area contributed by atoms with E-state index in [1.54, 1.807) is 0 Å². The third kappa shape index (κ3) is 3.13. The number of aliphatic hydroxyl groups is 1. The van der Waals surface area contributed by atoms with Gasteiger partial charge in [0.15, 0.2) is 11.5 Å². The molecule has 0 saturated heterocycles. The van der Waals surface area contributed by atoms with Crippen LogP contribution >= 0.6 is 0 Å². The molecule has 0 fully saturated rings. The Morgan fingerprint density at radius 1 is 1.39 bits per heavy atom. The van der Waals surface area contributed by atoms with Crippen LogP contribution in [0.1, 0.15) is 37.0 Å². The van der Waals surface area contributed by atoms with Gasteiger partial charge < -0.3 is 20.6 Å². The van der Waals surface area contributed by atoms with Crippen LogP contribution in [0.5, 0.6) is 11.5 Å². The van der Waals surface area contributed by atoms with E-state index in [4.69, 9.17) is 5.11 Å². The second-order valence-corrected chi connectivity index (χ2v) is 4.52. The third-order valence-electron chi connectivity index (χ3n) is 3.12. The highest BCUT2D eigenvalue weighted by molar-refractivity contribution is 5.98. The van der Waals surface area contributed by atoms with Crippen molar-refractivity contribution in [2.45, 2.75) is 32.2 Å². The van der Waals surface area contributed by atoms with Crippen molar-refractivity contribution in [3.05, 3.63) is 23.8 Å². The summed E-state index contributed by atoms with van der Waals surface area (Å²) >= 11 is 0. The van der Waals surface area contributed by atoms with E-state index < -0.39 is 17.2 Å². The van der Waals surface area contributed by atoms with Gasteiger partial charge in [0.25, 0.3) is 5.91 Å². The molecule has 1 rings (SSSR count). The summed E-state index contributed by atoms with van der Waals surface area (Å²) in [6.45, 7) is 3.69. The second kappa shape index (κ2) is 5.73. The van der Waals surface area contributed by atoms with E-state index in [1.807, 2.05) is 13.8 Å². The number of carbonyl (C=O) groups is 1. The number of para-hydroxylation sites is 1. The molecule has 1 unspecified atom stereocenters. The molecule has 0 bridgehead atoms. The number of benzene rings is 1. The molecule has 0 aliphatic carbocycles. The first-order valence-electron chi connectivity index (χ1n) is 5.88. The monoisotopic (exact) mass is 253 g/mol. The number of carbonyl (C=O) groups excluding carboxylic acids is 1. The van der Waals surface area contributed by atoms with Gasteiger partial charge in [0.05, 0.1) is 5.56 Å². The molecule has 0 spiro atoms. The van der Waals surface area contributed by atoms with Gasteiger partial charge in [-0.1, -0.05) is 13.0 Å². The van der Waals surface area contributed by atoms with Crippen LogP contribution in [0, 0.1) is 0 Å². The molecule has 5 nitrogen and oxygen atoms in total. The zero-order valence-corrected chi connectivity index (χ0v) is 10.6. The quantitative estimate of drug-likeness (QED) is 0.597. The predicted octanol–water partition coefficient (Wildman–Crippen LogP) is 1.38. The second-order valence-electron chi connectivity index (χ2n) is 4.52. The minimum absolute atomic E-state index is 0.0209. The molecular weight excluding hydrogens is 234 g/mol. The zero-order chi connectivity index (χ0) is 13.8. The van der Waals surface area contributed by atoms with Crippen molar-refractivity contribution in [1.82, 2.24) is 5.32 Å². The van der Waals surface area contributed by atoms with Crippen LogP contribution in [-0.4, -0.2) is 33.4 Å². The Bertz CT molecular complexity index is 433. The lowest BCUT2D eigenvalue weighted by Gasteiger charge is -2.29. The summed E-state index contributed by atoms with van der Waals surface area (Å²) in [5, 5.41) is 30.7. The third-order valence-corrected chi connectivity index (χ3v) is 3.12. The summed E-state index contributed by atoms with van der Waals surface area (Å²) in [7, 11) is 0. The molecule has 0 aliphatic heterocycles. The first kappa shape index (κ1) is 14.3. The van der Waals surface area contributed by atoms with Gasteiger partial charge in [0.1, 0.15) is 0 Å². The highest BCUT2D eigenvalue weighted by Gasteiger charge is 2.25. The van der Waals surface area contributed by atoms with E-state index in [0.29, 0.717) is 12.8 Å². The number of hydrogen-bond acceptors (Lipinski definition) is 4. The normalized spacial score (nSPS) is 13.9. The van der Waals surface area contributed by atoms with Gasteiger partial charge in [-0.15, -0.1) is 0 Å². The maximum atomic E-state index is 12.0. The van der Waals surface area contributed by atoms with Crippen molar-refractivity contribution < 1.29 is 20.1 Å². The maximum absolute atomic E-state index is 12.0. The van der Waals surface area contributed by atoms with Gasteiger partial charge in [0.2, 0.25) is 0 Å². The summed E-state index contributed by atoms with van der Waals surface area (Å²) in [5.74, 6) is -1.23. The summed E-state index contributed by atoms with van der Waals surface area (Å²) in [5.41, 5.74) is -0.517. The van der Waals surface area contributed by atoms with Crippen LogP contribution < -0.4 is 5.32 Å². The number of phenols is 2. The molecule has 4 N–H and O–H groups in total. The number of rotatable bonds is 5. The molecule has 0 radical (unpaired) electrons. The predicted molar refractivity (Wildman–Crippen MR) is 67.6 cm³/mol. The number of aliphatic hydroxyl groups excluding tert-OH is 1. The topological polar surface area (TPSA) is 89.8 Å². The van der Waals surface area contributed by atoms with Crippen molar-refractivity contribution in [3.8, 4) is 11.5 Å². The lowest BCUT2D eigenvalue weighted by molar-refractivity contribution is 0.0883. The van der Waals surface area contributed by atoms with Gasteiger partial charge in [-0.3, -0.25) is 4.79 Å². The highest BCUT2D eigenvalue weighted by atomic mass is 16.3. The van der Waals surface area contributed by atoms with Crippen molar-refractivity contribution >= 4 is 5.91 Å². The Morgan fingerprint density at radius 2 is 2.06 bits per heavy atom. The molecule has 0 heterocycles. The molecule has 0 saturated carbocycles. The van der Waals surface area contributed by atoms with Gasteiger partial charge in [-0.2, -0.15) is 0 Å². The molecule has 1 aromatic carbocycles. The van der Waals surface area contributed by atoms with Crippen molar-refractivity contribution in [2.24, 2.45) is 0 Å². The summed E-state index contributed by atoms with van der Waals surface area (Å²) in [6.07, 6.45) is 1.08. The Balaban J connectivity index is 2.91. The smallest absolute Gasteiger partial charge is 0.255 e. The molecule has 18 heavy (non-hydrogen) atoms. The first-order valence-corrected chi connectivity index (χ1v) is 5.88. The minimum atomic E-state index is -0.538. The van der Waals surface area contributed by atoms with Gasteiger partial charge in [-0.05, 0) is 31.9 Å². The van der Waals surface area contributed by atoms with Crippen molar-refractivity contribution in [1.29, 1.82) is 0 Å². The van der Waals surface area contributed by atoms with E-state index in [-0.39, 0.29) is 17.9 Å². The van der Waals surface area contributed by atoms with Crippen LogP contribution in [0.2, 0.25) is 0 Å². The van der Waals surface area contributed by atoms with Crippen molar-refractivity contribution in [3.63, 3.8) is 0 Å². The first-order chi connectivity index (χ1) is 8.43. The van der Waals surface area contributed by atoms with Crippen LogP contribution in [0.4, 0.5) is 0 Å². The SMILES string of the molecule is CCC(C)(CCO)NC(=O)c1cccc(O)c1O. The van der Waals surface area contributed by atoms with Crippen LogP contribution in [0.15, 0.2) is 18.2 Å². The van der Waals surface area contributed by atoms with E-state index in [2.05, 4.69) is 5.32 Å². The van der Waals surface area contributed by atoms with Gasteiger partial charge in [0, 0.05) is 12.1 Å². The molecule has 1 aromatic rings. The zero-order valence-electron chi connectivity index (χ0n) is 10.6. The fraction of sp³-hybridized carbons (Fsp3) is 0.462. The molecule has 0 aromatic heterocycles. The van der Waals surface area contributed by atoms with E-state index >= 15 is 0 Å². The Hall–Kier alpha value is -1.75. The fourth-order valence-electron chi connectivity index (χ4n) is 1.63. The average molecular weight is 253 g/mol. The van der Waals surface area contributed by atoms with Crippen LogP contribution in [0.3, 0.4) is 0 Å². The number of hydrogen-bond donors (Lipinski definition) is 4. The number of nitrogens with one attached hydrogen (secondary N) is 1.